The van der Waals surface area contributed by atoms with Gasteiger partial charge in [0.1, 0.15) is 5.75 Å². The molecule has 0 aliphatic carbocycles. The van der Waals surface area contributed by atoms with E-state index < -0.39 is 0 Å². The monoisotopic (exact) mass is 323 g/mol. The summed E-state index contributed by atoms with van der Waals surface area (Å²) in [5, 5.41) is 3.08. The summed E-state index contributed by atoms with van der Waals surface area (Å²) in [6, 6.07) is 10.7. The zero-order valence-corrected chi connectivity index (χ0v) is 12.4. The van der Waals surface area contributed by atoms with Gasteiger partial charge < -0.3 is 10.1 Å². The van der Waals surface area contributed by atoms with E-state index in [0.717, 1.165) is 16.6 Å². The standard InChI is InChI=1S/C15H15BrFNO/c1-10-4-3-5-14(15(10)17)19-12-7-6-11(9-18-2)13(16)8-12/h3-8,18H,9H2,1-2H3. The summed E-state index contributed by atoms with van der Waals surface area (Å²) < 4.78 is 20.4. The van der Waals surface area contributed by atoms with Crippen LogP contribution in [0.5, 0.6) is 11.5 Å². The topological polar surface area (TPSA) is 21.3 Å². The van der Waals surface area contributed by atoms with Gasteiger partial charge in [-0.15, -0.1) is 0 Å². The van der Waals surface area contributed by atoms with Gasteiger partial charge in [0.05, 0.1) is 0 Å². The second-order valence-electron chi connectivity index (χ2n) is 4.27. The number of ether oxygens (including phenoxy) is 1. The SMILES string of the molecule is CNCc1ccc(Oc2cccc(C)c2F)cc1Br. The van der Waals surface area contributed by atoms with Crippen LogP contribution < -0.4 is 10.1 Å². The molecule has 2 rings (SSSR count). The van der Waals surface area contributed by atoms with E-state index in [1.165, 1.54) is 0 Å². The molecule has 0 amide bonds. The van der Waals surface area contributed by atoms with Crippen molar-refractivity contribution in [1.29, 1.82) is 0 Å². The maximum Gasteiger partial charge on any atom is 0.168 e. The Kier molecular flexibility index (Phi) is 4.56. The van der Waals surface area contributed by atoms with Crippen LogP contribution in [0.3, 0.4) is 0 Å². The molecule has 2 nitrogen and oxygen atoms in total. The minimum atomic E-state index is -0.321. The number of hydrogen-bond donors (Lipinski definition) is 1. The van der Waals surface area contributed by atoms with Gasteiger partial charge in [-0.2, -0.15) is 0 Å². The van der Waals surface area contributed by atoms with Crippen LogP contribution in [0.15, 0.2) is 40.9 Å². The van der Waals surface area contributed by atoms with Crippen LogP contribution in [0.25, 0.3) is 0 Å². The van der Waals surface area contributed by atoms with Gasteiger partial charge in [-0.05, 0) is 43.3 Å². The molecule has 0 aromatic heterocycles. The summed E-state index contributed by atoms with van der Waals surface area (Å²) in [5.74, 6) is 0.530. The fourth-order valence-electron chi connectivity index (χ4n) is 1.75. The van der Waals surface area contributed by atoms with Crippen LogP contribution in [0.2, 0.25) is 0 Å². The highest BCUT2D eigenvalue weighted by molar-refractivity contribution is 9.10. The van der Waals surface area contributed by atoms with E-state index in [1.54, 1.807) is 25.1 Å². The highest BCUT2D eigenvalue weighted by Crippen LogP contribution is 2.29. The lowest BCUT2D eigenvalue weighted by Gasteiger charge is -2.10. The van der Waals surface area contributed by atoms with Crippen molar-refractivity contribution in [3.63, 3.8) is 0 Å². The minimum Gasteiger partial charge on any atom is -0.454 e. The third-order valence-corrected chi connectivity index (χ3v) is 3.51. The van der Waals surface area contributed by atoms with Gasteiger partial charge in [0.15, 0.2) is 11.6 Å². The number of nitrogens with one attached hydrogen (secondary N) is 1. The van der Waals surface area contributed by atoms with Crippen molar-refractivity contribution < 1.29 is 9.13 Å². The van der Waals surface area contributed by atoms with E-state index >= 15 is 0 Å². The van der Waals surface area contributed by atoms with Gasteiger partial charge in [0, 0.05) is 11.0 Å². The number of rotatable bonds is 4. The number of halogens is 2. The molecule has 1 N–H and O–H groups in total. The van der Waals surface area contributed by atoms with Crippen molar-refractivity contribution in [3.8, 4) is 11.5 Å². The average molecular weight is 324 g/mol. The fourth-order valence-corrected chi connectivity index (χ4v) is 2.25. The van der Waals surface area contributed by atoms with Crippen molar-refractivity contribution in [2.45, 2.75) is 13.5 Å². The van der Waals surface area contributed by atoms with Crippen molar-refractivity contribution in [2.24, 2.45) is 0 Å². The molecule has 100 valence electrons. The maximum absolute atomic E-state index is 13.8. The Bertz CT molecular complexity index is 586. The van der Waals surface area contributed by atoms with Crippen molar-refractivity contribution >= 4 is 15.9 Å². The molecule has 2 aromatic carbocycles. The lowest BCUT2D eigenvalue weighted by molar-refractivity contribution is 0.439. The van der Waals surface area contributed by atoms with Crippen LogP contribution in [-0.2, 0) is 6.54 Å². The number of hydrogen-bond acceptors (Lipinski definition) is 2. The molecule has 2 aromatic rings. The fraction of sp³-hybridized carbons (Fsp3) is 0.200. The lowest BCUT2D eigenvalue weighted by atomic mass is 10.2. The molecule has 0 bridgehead atoms. The molecular weight excluding hydrogens is 309 g/mol. The second kappa shape index (κ2) is 6.17. The Hall–Kier alpha value is -1.39. The van der Waals surface area contributed by atoms with E-state index in [2.05, 4.69) is 21.2 Å². The Morgan fingerprint density at radius 2 is 2.05 bits per heavy atom. The van der Waals surface area contributed by atoms with Crippen LogP contribution in [0.1, 0.15) is 11.1 Å². The molecule has 0 atom stereocenters. The summed E-state index contributed by atoms with van der Waals surface area (Å²) in [6.07, 6.45) is 0. The van der Waals surface area contributed by atoms with Crippen LogP contribution in [0.4, 0.5) is 4.39 Å². The quantitative estimate of drug-likeness (QED) is 0.899. The first kappa shape index (κ1) is 14.0. The van der Waals surface area contributed by atoms with Gasteiger partial charge in [-0.25, -0.2) is 4.39 Å². The highest BCUT2D eigenvalue weighted by Gasteiger charge is 2.08. The minimum absolute atomic E-state index is 0.244. The van der Waals surface area contributed by atoms with Crippen molar-refractivity contribution in [1.82, 2.24) is 5.32 Å². The molecule has 19 heavy (non-hydrogen) atoms. The van der Waals surface area contributed by atoms with Gasteiger partial charge in [-0.1, -0.05) is 34.1 Å². The summed E-state index contributed by atoms with van der Waals surface area (Å²) >= 11 is 3.48. The molecule has 0 heterocycles. The molecule has 0 saturated heterocycles. The van der Waals surface area contributed by atoms with Crippen LogP contribution in [0, 0.1) is 12.7 Å². The Balaban J connectivity index is 2.24. The summed E-state index contributed by atoms with van der Waals surface area (Å²) in [7, 11) is 1.89. The van der Waals surface area contributed by atoms with E-state index in [4.69, 9.17) is 4.74 Å². The van der Waals surface area contributed by atoms with Crippen LogP contribution >= 0.6 is 15.9 Å². The molecule has 0 spiro atoms. The number of benzene rings is 2. The normalized spacial score (nSPS) is 10.5. The second-order valence-corrected chi connectivity index (χ2v) is 5.13. The van der Waals surface area contributed by atoms with E-state index in [0.29, 0.717) is 11.3 Å². The molecule has 0 aliphatic heterocycles. The third kappa shape index (κ3) is 3.33. The Labute approximate surface area is 120 Å². The number of aryl methyl sites for hydroxylation is 1. The lowest BCUT2D eigenvalue weighted by Crippen LogP contribution is -2.05. The largest absolute Gasteiger partial charge is 0.454 e. The van der Waals surface area contributed by atoms with Gasteiger partial charge in [0.2, 0.25) is 0 Å². The van der Waals surface area contributed by atoms with Gasteiger partial charge >= 0.3 is 0 Å². The first-order valence-corrected chi connectivity index (χ1v) is 6.77. The third-order valence-electron chi connectivity index (χ3n) is 2.78. The van der Waals surface area contributed by atoms with E-state index in [-0.39, 0.29) is 11.6 Å². The zero-order valence-electron chi connectivity index (χ0n) is 10.8. The Morgan fingerprint density at radius 1 is 1.26 bits per heavy atom. The van der Waals surface area contributed by atoms with Crippen molar-refractivity contribution in [3.05, 3.63) is 57.8 Å². The summed E-state index contributed by atoms with van der Waals surface area (Å²) in [4.78, 5) is 0. The first-order chi connectivity index (χ1) is 9.11. The molecule has 4 heteroatoms. The van der Waals surface area contributed by atoms with Gasteiger partial charge in [0.25, 0.3) is 0 Å². The first-order valence-electron chi connectivity index (χ1n) is 5.98. The zero-order chi connectivity index (χ0) is 13.8. The molecule has 0 radical (unpaired) electrons. The molecule has 0 aliphatic rings. The highest BCUT2D eigenvalue weighted by atomic mass is 79.9. The average Bonchev–Trinajstić information content (AvgIpc) is 2.38. The molecule has 0 fully saturated rings. The van der Waals surface area contributed by atoms with Crippen LogP contribution in [-0.4, -0.2) is 7.05 Å². The summed E-state index contributed by atoms with van der Waals surface area (Å²) in [5.41, 5.74) is 1.70. The maximum atomic E-state index is 13.8. The predicted octanol–water partition coefficient (Wildman–Crippen LogP) is 4.41. The molecular formula is C15H15BrFNO. The predicted molar refractivity (Wildman–Crippen MR) is 78.1 cm³/mol. The van der Waals surface area contributed by atoms with Gasteiger partial charge in [-0.3, -0.25) is 0 Å². The van der Waals surface area contributed by atoms with Crippen molar-refractivity contribution in [2.75, 3.05) is 7.05 Å². The molecule has 0 unspecified atom stereocenters. The van der Waals surface area contributed by atoms with E-state index in [9.17, 15) is 4.39 Å². The Morgan fingerprint density at radius 3 is 2.74 bits per heavy atom. The van der Waals surface area contributed by atoms with E-state index in [1.807, 2.05) is 25.2 Å². The molecule has 0 saturated carbocycles. The smallest absolute Gasteiger partial charge is 0.168 e. The summed E-state index contributed by atoms with van der Waals surface area (Å²) in [6.45, 7) is 2.48.